The van der Waals surface area contributed by atoms with E-state index < -0.39 is 0 Å². The molecule has 0 fully saturated rings. The van der Waals surface area contributed by atoms with Crippen molar-refractivity contribution in [3.05, 3.63) is 70.3 Å². The van der Waals surface area contributed by atoms with Gasteiger partial charge in [-0.05, 0) is 49.4 Å². The number of hydrogen-bond acceptors (Lipinski definition) is 7. The van der Waals surface area contributed by atoms with E-state index in [1.54, 1.807) is 25.4 Å². The summed E-state index contributed by atoms with van der Waals surface area (Å²) < 4.78 is 15.3. The van der Waals surface area contributed by atoms with Gasteiger partial charge < -0.3 is 10.6 Å². The molecular formula is C24H24FN7O. The molecule has 4 aromatic rings. The largest absolute Gasteiger partial charge is 0.382 e. The molecule has 0 saturated heterocycles. The fourth-order valence-electron chi connectivity index (χ4n) is 4.23. The molecule has 1 aliphatic carbocycles. The Hall–Kier alpha value is -3.88. The van der Waals surface area contributed by atoms with Crippen LogP contribution in [0.5, 0.6) is 0 Å². The summed E-state index contributed by atoms with van der Waals surface area (Å²) in [4.78, 5) is 29.8. The third-order valence-corrected chi connectivity index (χ3v) is 5.91. The highest BCUT2D eigenvalue weighted by Crippen LogP contribution is 2.33. The van der Waals surface area contributed by atoms with Crippen LogP contribution in [0.1, 0.15) is 24.1 Å². The highest BCUT2D eigenvalue weighted by molar-refractivity contribution is 5.93. The molecule has 1 aliphatic rings. The van der Waals surface area contributed by atoms with E-state index in [1.807, 2.05) is 0 Å². The standard InChI is InChI=1S/C24H24FN7O/c1-32-22(33)13-21(19-8-9-26-14-29-19)31-24(32)28-11-10-27-23-16-4-2-3-5-18(16)30-20-12-15(25)6-7-17(20)23/h6-9,12-14H,2-5,10-11H2,1H3,(H,27,30)(H,28,31). The van der Waals surface area contributed by atoms with Gasteiger partial charge in [0.05, 0.1) is 16.9 Å². The summed E-state index contributed by atoms with van der Waals surface area (Å²) in [5.41, 5.74) is 4.87. The molecule has 0 atom stereocenters. The van der Waals surface area contributed by atoms with Crippen LogP contribution in [0.15, 0.2) is 47.7 Å². The summed E-state index contributed by atoms with van der Waals surface area (Å²) in [6.07, 6.45) is 7.14. The summed E-state index contributed by atoms with van der Waals surface area (Å²) in [6.45, 7) is 1.13. The van der Waals surface area contributed by atoms with E-state index in [-0.39, 0.29) is 11.4 Å². The van der Waals surface area contributed by atoms with Crippen LogP contribution in [-0.2, 0) is 19.9 Å². The van der Waals surface area contributed by atoms with Crippen LogP contribution >= 0.6 is 0 Å². The van der Waals surface area contributed by atoms with Gasteiger partial charge in [0.2, 0.25) is 5.95 Å². The molecule has 0 saturated carbocycles. The van der Waals surface area contributed by atoms with Crippen molar-refractivity contribution in [3.63, 3.8) is 0 Å². The zero-order valence-electron chi connectivity index (χ0n) is 18.3. The Morgan fingerprint density at radius 1 is 1.03 bits per heavy atom. The minimum Gasteiger partial charge on any atom is -0.382 e. The van der Waals surface area contributed by atoms with Crippen LogP contribution in [0.3, 0.4) is 0 Å². The van der Waals surface area contributed by atoms with E-state index in [2.05, 4.69) is 25.6 Å². The first-order valence-electron chi connectivity index (χ1n) is 11.0. The van der Waals surface area contributed by atoms with Crippen molar-refractivity contribution in [2.24, 2.45) is 7.05 Å². The lowest BCUT2D eigenvalue weighted by atomic mass is 9.92. The molecule has 0 bridgehead atoms. The zero-order valence-corrected chi connectivity index (χ0v) is 18.3. The predicted octanol–water partition coefficient (Wildman–Crippen LogP) is 3.33. The third-order valence-electron chi connectivity index (χ3n) is 5.91. The normalized spacial score (nSPS) is 13.0. The van der Waals surface area contributed by atoms with Crippen molar-refractivity contribution in [3.8, 4) is 11.4 Å². The summed E-state index contributed by atoms with van der Waals surface area (Å²) >= 11 is 0. The number of anilines is 2. The first-order valence-corrected chi connectivity index (χ1v) is 11.0. The Kier molecular flexibility index (Phi) is 5.68. The lowest BCUT2D eigenvalue weighted by Crippen LogP contribution is -2.24. The van der Waals surface area contributed by atoms with Gasteiger partial charge in [-0.15, -0.1) is 0 Å². The molecule has 33 heavy (non-hydrogen) atoms. The van der Waals surface area contributed by atoms with Crippen LogP contribution in [0, 0.1) is 5.82 Å². The maximum atomic E-state index is 13.8. The monoisotopic (exact) mass is 445 g/mol. The highest BCUT2D eigenvalue weighted by Gasteiger charge is 2.18. The van der Waals surface area contributed by atoms with E-state index >= 15 is 0 Å². The second kappa shape index (κ2) is 8.93. The van der Waals surface area contributed by atoms with Gasteiger partial charge in [-0.2, -0.15) is 0 Å². The number of benzene rings is 1. The van der Waals surface area contributed by atoms with Gasteiger partial charge in [-0.1, -0.05) is 0 Å². The summed E-state index contributed by atoms with van der Waals surface area (Å²) in [5.74, 6) is 0.176. The molecule has 168 valence electrons. The number of aryl methyl sites for hydroxylation is 1. The number of aromatic nitrogens is 5. The van der Waals surface area contributed by atoms with E-state index in [4.69, 9.17) is 4.98 Å². The van der Waals surface area contributed by atoms with Gasteiger partial charge in [0.1, 0.15) is 12.1 Å². The van der Waals surface area contributed by atoms with Crippen LogP contribution in [-0.4, -0.2) is 37.6 Å². The lowest BCUT2D eigenvalue weighted by molar-refractivity contribution is 0.628. The van der Waals surface area contributed by atoms with Crippen LogP contribution in [0.4, 0.5) is 16.0 Å². The van der Waals surface area contributed by atoms with E-state index in [0.717, 1.165) is 42.5 Å². The van der Waals surface area contributed by atoms with Crippen molar-refractivity contribution in [1.82, 2.24) is 24.5 Å². The minimum atomic E-state index is -0.283. The number of rotatable bonds is 6. The quantitative estimate of drug-likeness (QED) is 0.439. The molecule has 0 radical (unpaired) electrons. The molecule has 0 unspecified atom stereocenters. The number of halogens is 1. The summed E-state index contributed by atoms with van der Waals surface area (Å²) in [5, 5.41) is 7.69. The van der Waals surface area contributed by atoms with Gasteiger partial charge in [0.15, 0.2) is 0 Å². The summed E-state index contributed by atoms with van der Waals surface area (Å²) in [7, 11) is 1.68. The van der Waals surface area contributed by atoms with Crippen LogP contribution in [0.25, 0.3) is 22.3 Å². The molecule has 2 N–H and O–H groups in total. The second-order valence-corrected chi connectivity index (χ2v) is 8.09. The molecule has 1 aromatic carbocycles. The van der Waals surface area contributed by atoms with Gasteiger partial charge >= 0.3 is 0 Å². The number of nitrogens with zero attached hydrogens (tertiary/aromatic N) is 5. The highest BCUT2D eigenvalue weighted by atomic mass is 19.1. The predicted molar refractivity (Wildman–Crippen MR) is 126 cm³/mol. The molecule has 3 heterocycles. The molecule has 0 aliphatic heterocycles. The average molecular weight is 446 g/mol. The first-order chi connectivity index (χ1) is 16.1. The maximum Gasteiger partial charge on any atom is 0.255 e. The Balaban J connectivity index is 1.36. The van der Waals surface area contributed by atoms with Gasteiger partial charge in [-0.3, -0.25) is 14.3 Å². The molecule has 0 amide bonds. The smallest absolute Gasteiger partial charge is 0.255 e. The van der Waals surface area contributed by atoms with Crippen molar-refractivity contribution in [2.45, 2.75) is 25.7 Å². The van der Waals surface area contributed by atoms with Crippen molar-refractivity contribution >= 4 is 22.5 Å². The molecule has 3 aromatic heterocycles. The Morgan fingerprint density at radius 2 is 1.88 bits per heavy atom. The molecule has 9 heteroatoms. The van der Waals surface area contributed by atoms with Crippen LogP contribution < -0.4 is 16.2 Å². The van der Waals surface area contributed by atoms with Gasteiger partial charge in [0.25, 0.3) is 5.56 Å². The fourth-order valence-corrected chi connectivity index (χ4v) is 4.23. The lowest BCUT2D eigenvalue weighted by Gasteiger charge is -2.22. The number of nitrogens with one attached hydrogen (secondary N) is 2. The van der Waals surface area contributed by atoms with E-state index in [1.165, 1.54) is 34.7 Å². The van der Waals surface area contributed by atoms with Crippen LogP contribution in [0.2, 0.25) is 0 Å². The Labute approximate surface area is 190 Å². The van der Waals surface area contributed by atoms with Gasteiger partial charge in [0, 0.05) is 55.2 Å². The van der Waals surface area contributed by atoms with Crippen molar-refractivity contribution in [1.29, 1.82) is 0 Å². The van der Waals surface area contributed by atoms with Crippen molar-refractivity contribution < 1.29 is 4.39 Å². The Morgan fingerprint density at radius 3 is 2.73 bits per heavy atom. The summed E-state index contributed by atoms with van der Waals surface area (Å²) in [6, 6.07) is 7.93. The van der Waals surface area contributed by atoms with E-state index in [9.17, 15) is 9.18 Å². The molecule has 0 spiro atoms. The fraction of sp³-hybridized carbons (Fsp3) is 0.292. The molecule has 5 rings (SSSR count). The molecule has 8 nitrogen and oxygen atoms in total. The van der Waals surface area contributed by atoms with Gasteiger partial charge in [-0.25, -0.2) is 19.3 Å². The number of pyridine rings is 1. The zero-order chi connectivity index (χ0) is 22.8. The number of hydrogen-bond donors (Lipinski definition) is 2. The average Bonchev–Trinajstić information content (AvgIpc) is 2.83. The minimum absolute atomic E-state index is 0.176. The van der Waals surface area contributed by atoms with Crippen molar-refractivity contribution in [2.75, 3.05) is 23.7 Å². The SMILES string of the molecule is Cn1c(NCCNc2c3c(nc4cc(F)ccc24)CCCC3)nc(-c2ccncn2)cc1=O. The third kappa shape index (κ3) is 4.26. The number of fused-ring (bicyclic) bond motifs is 2. The Bertz CT molecular complexity index is 1370. The topological polar surface area (TPSA) is 97.6 Å². The maximum absolute atomic E-state index is 13.8. The van der Waals surface area contributed by atoms with E-state index in [0.29, 0.717) is 35.9 Å². The second-order valence-electron chi connectivity index (χ2n) is 8.09. The first kappa shape index (κ1) is 21.0. The molecular weight excluding hydrogens is 421 g/mol.